The minimum atomic E-state index is -0.148. The highest BCUT2D eigenvalue weighted by molar-refractivity contribution is 7.80. The second kappa shape index (κ2) is 6.11. The number of hydrogen-bond acceptors (Lipinski definition) is 4. The minimum Gasteiger partial charge on any atom is -0.398 e. The lowest BCUT2D eigenvalue weighted by molar-refractivity contribution is -0.111. The van der Waals surface area contributed by atoms with Gasteiger partial charge in [0, 0.05) is 21.8 Å². The van der Waals surface area contributed by atoms with E-state index < -0.39 is 0 Å². The zero-order valence-electron chi connectivity index (χ0n) is 13.3. The summed E-state index contributed by atoms with van der Waals surface area (Å²) in [5, 5.41) is 0. The molecule has 0 saturated carbocycles. The van der Waals surface area contributed by atoms with Crippen molar-refractivity contribution in [3.05, 3.63) is 78.4 Å². The number of para-hydroxylation sites is 2. The van der Waals surface area contributed by atoms with Gasteiger partial charge in [-0.05, 0) is 36.4 Å². The lowest BCUT2D eigenvalue weighted by Gasteiger charge is -2.16. The van der Waals surface area contributed by atoms with Crippen molar-refractivity contribution in [1.82, 2.24) is 0 Å². The molecule has 0 aromatic heterocycles. The topological polar surface area (TPSA) is 58.7 Å². The largest absolute Gasteiger partial charge is 0.398 e. The molecule has 1 aliphatic rings. The maximum Gasteiger partial charge on any atom is 0.282 e. The van der Waals surface area contributed by atoms with Crippen molar-refractivity contribution in [1.29, 1.82) is 0 Å². The van der Waals surface area contributed by atoms with Gasteiger partial charge in [0.15, 0.2) is 0 Å². The van der Waals surface area contributed by atoms with Gasteiger partial charge in [-0.25, -0.2) is 4.99 Å². The number of hydrogen-bond donors (Lipinski definition) is 2. The normalized spacial score (nSPS) is 14.8. The van der Waals surface area contributed by atoms with Crippen molar-refractivity contribution in [3.8, 4) is 0 Å². The number of amides is 1. The lowest BCUT2D eigenvalue weighted by atomic mass is 10.1. The molecule has 5 heteroatoms. The Morgan fingerprint density at radius 3 is 2.40 bits per heavy atom. The number of anilines is 3. The molecule has 4 rings (SSSR count). The Hall–Kier alpha value is -3.05. The smallest absolute Gasteiger partial charge is 0.282 e. The van der Waals surface area contributed by atoms with Crippen LogP contribution in [0.1, 0.15) is 5.56 Å². The first-order valence-electron chi connectivity index (χ1n) is 7.81. The van der Waals surface area contributed by atoms with E-state index in [1.807, 2.05) is 54.6 Å². The number of carbonyl (C=O) groups excluding carboxylic acids is 1. The highest BCUT2D eigenvalue weighted by Crippen LogP contribution is 2.36. The summed E-state index contributed by atoms with van der Waals surface area (Å²) >= 11 is 4.33. The average molecular weight is 345 g/mol. The van der Waals surface area contributed by atoms with Crippen molar-refractivity contribution in [2.45, 2.75) is 4.90 Å². The third-order valence-electron chi connectivity index (χ3n) is 4.08. The maximum absolute atomic E-state index is 13.1. The van der Waals surface area contributed by atoms with E-state index in [-0.39, 0.29) is 5.91 Å². The number of nitrogens with zero attached hydrogens (tertiary/aromatic N) is 2. The summed E-state index contributed by atoms with van der Waals surface area (Å²) in [6.45, 7) is 0. The second-order valence-corrected chi connectivity index (χ2v) is 6.18. The van der Waals surface area contributed by atoms with Gasteiger partial charge in [-0.1, -0.05) is 36.4 Å². The zero-order chi connectivity index (χ0) is 17.4. The van der Waals surface area contributed by atoms with Crippen LogP contribution in [0.5, 0.6) is 0 Å². The highest BCUT2D eigenvalue weighted by atomic mass is 32.1. The fraction of sp³-hybridized carbons (Fsp3) is 0. The van der Waals surface area contributed by atoms with Gasteiger partial charge in [0.05, 0.1) is 11.4 Å². The number of thiol groups is 1. The summed E-state index contributed by atoms with van der Waals surface area (Å²) < 4.78 is 0. The summed E-state index contributed by atoms with van der Waals surface area (Å²) in [5.41, 5.74) is 9.90. The molecule has 0 saturated heterocycles. The molecule has 1 aliphatic heterocycles. The van der Waals surface area contributed by atoms with E-state index in [0.717, 1.165) is 16.9 Å². The molecule has 0 unspecified atom stereocenters. The first-order valence-corrected chi connectivity index (χ1v) is 8.26. The van der Waals surface area contributed by atoms with Crippen LogP contribution in [0.25, 0.3) is 0 Å². The van der Waals surface area contributed by atoms with Crippen LogP contribution >= 0.6 is 12.6 Å². The van der Waals surface area contributed by atoms with Crippen molar-refractivity contribution >= 4 is 47.0 Å². The predicted molar refractivity (Wildman–Crippen MR) is 104 cm³/mol. The summed E-state index contributed by atoms with van der Waals surface area (Å²) in [6, 6.07) is 22.5. The van der Waals surface area contributed by atoms with E-state index in [2.05, 4.69) is 17.6 Å². The SMILES string of the molecule is Nc1ccc(N=C2C(=O)N(c3ccccc3)c3ccccc32)cc1S. The quantitative estimate of drug-likeness (QED) is 0.536. The van der Waals surface area contributed by atoms with Gasteiger partial charge in [-0.2, -0.15) is 0 Å². The Labute approximate surface area is 151 Å². The van der Waals surface area contributed by atoms with E-state index in [9.17, 15) is 4.79 Å². The summed E-state index contributed by atoms with van der Waals surface area (Å²) in [6.07, 6.45) is 0. The molecule has 1 amide bonds. The van der Waals surface area contributed by atoms with Crippen LogP contribution in [0, 0.1) is 0 Å². The average Bonchev–Trinajstić information content (AvgIpc) is 2.91. The van der Waals surface area contributed by atoms with E-state index in [1.54, 1.807) is 23.1 Å². The fourth-order valence-electron chi connectivity index (χ4n) is 2.87. The van der Waals surface area contributed by atoms with Crippen molar-refractivity contribution < 1.29 is 4.79 Å². The van der Waals surface area contributed by atoms with E-state index in [0.29, 0.717) is 22.0 Å². The first-order chi connectivity index (χ1) is 12.1. The number of benzene rings is 3. The number of aliphatic imine (C=N–C) groups is 1. The monoisotopic (exact) mass is 345 g/mol. The minimum absolute atomic E-state index is 0.148. The van der Waals surface area contributed by atoms with Gasteiger partial charge >= 0.3 is 0 Å². The van der Waals surface area contributed by atoms with Crippen LogP contribution in [0.3, 0.4) is 0 Å². The third-order valence-corrected chi connectivity index (χ3v) is 4.46. The van der Waals surface area contributed by atoms with Crippen LogP contribution in [0.2, 0.25) is 0 Å². The van der Waals surface area contributed by atoms with Gasteiger partial charge in [0.1, 0.15) is 5.71 Å². The molecular formula is C20H15N3OS. The number of carbonyl (C=O) groups is 1. The van der Waals surface area contributed by atoms with E-state index >= 15 is 0 Å². The van der Waals surface area contributed by atoms with Gasteiger partial charge in [-0.15, -0.1) is 12.6 Å². The third kappa shape index (κ3) is 2.68. The van der Waals surface area contributed by atoms with Crippen LogP contribution in [-0.2, 0) is 4.79 Å². The lowest BCUT2D eigenvalue weighted by Crippen LogP contribution is -2.25. The molecule has 4 nitrogen and oxygen atoms in total. The predicted octanol–water partition coefficient (Wildman–Crippen LogP) is 4.36. The van der Waals surface area contributed by atoms with E-state index in [1.165, 1.54) is 0 Å². The molecule has 3 aromatic carbocycles. The van der Waals surface area contributed by atoms with E-state index in [4.69, 9.17) is 5.73 Å². The Kier molecular flexibility index (Phi) is 3.78. The fourth-order valence-corrected chi connectivity index (χ4v) is 3.08. The molecule has 0 spiro atoms. The number of nitrogens with two attached hydrogens (primary N) is 1. The molecule has 25 heavy (non-hydrogen) atoms. The van der Waals surface area contributed by atoms with Gasteiger partial charge in [-0.3, -0.25) is 9.69 Å². The molecule has 2 N–H and O–H groups in total. The molecule has 0 fully saturated rings. The Bertz CT molecular complexity index is 999. The van der Waals surface area contributed by atoms with Gasteiger partial charge in [0.2, 0.25) is 0 Å². The van der Waals surface area contributed by atoms with Crippen molar-refractivity contribution in [2.75, 3.05) is 10.6 Å². The van der Waals surface area contributed by atoms with Crippen LogP contribution in [0.15, 0.2) is 82.7 Å². The summed E-state index contributed by atoms with van der Waals surface area (Å²) in [7, 11) is 0. The summed E-state index contributed by atoms with van der Waals surface area (Å²) in [4.78, 5) is 20.0. The number of nitrogen functional groups attached to an aromatic ring is 1. The molecule has 0 radical (unpaired) electrons. The Balaban J connectivity index is 1.85. The van der Waals surface area contributed by atoms with Crippen molar-refractivity contribution in [3.63, 3.8) is 0 Å². The number of fused-ring (bicyclic) bond motifs is 1. The number of rotatable bonds is 2. The Morgan fingerprint density at radius 1 is 0.920 bits per heavy atom. The molecule has 0 aliphatic carbocycles. The van der Waals surface area contributed by atoms with Crippen molar-refractivity contribution in [2.24, 2.45) is 4.99 Å². The molecular weight excluding hydrogens is 330 g/mol. The first kappa shape index (κ1) is 15.5. The molecule has 0 bridgehead atoms. The molecule has 0 atom stereocenters. The van der Waals surface area contributed by atoms with Gasteiger partial charge in [0.25, 0.3) is 5.91 Å². The molecule has 1 heterocycles. The molecule has 122 valence electrons. The second-order valence-electron chi connectivity index (χ2n) is 5.70. The highest BCUT2D eigenvalue weighted by Gasteiger charge is 2.34. The molecule has 3 aromatic rings. The zero-order valence-corrected chi connectivity index (χ0v) is 14.1. The van der Waals surface area contributed by atoms with Crippen LogP contribution < -0.4 is 10.6 Å². The summed E-state index contributed by atoms with van der Waals surface area (Å²) in [5.74, 6) is -0.148. The van der Waals surface area contributed by atoms with Gasteiger partial charge < -0.3 is 5.73 Å². The maximum atomic E-state index is 13.1. The standard InChI is InChI=1S/C20H15N3OS/c21-16-11-10-13(12-18(16)25)22-19-15-8-4-5-9-17(15)23(20(19)24)14-6-2-1-3-7-14/h1-12,25H,21H2. The van der Waals surface area contributed by atoms with Crippen LogP contribution in [0.4, 0.5) is 22.7 Å². The Morgan fingerprint density at radius 2 is 1.64 bits per heavy atom. The van der Waals surface area contributed by atoms with Crippen LogP contribution in [-0.4, -0.2) is 11.6 Å².